The maximum atomic E-state index is 11.9. The second kappa shape index (κ2) is 5.70. The molecule has 2 heterocycles. The molecule has 0 aliphatic heterocycles. The minimum absolute atomic E-state index is 0.128. The number of carbonyl (C=O) groups excluding carboxylic acids is 1. The van der Waals surface area contributed by atoms with Gasteiger partial charge in [-0.15, -0.1) is 0 Å². The number of amides is 1. The standard InChI is InChI=1S/C11H10N6O2/c12-5-8-6-15-17(3-4-18)10(8)16-11(19)9-7-13-1-2-14-9/h1-2,6-7,18H,3-4H2,(H,16,19). The Balaban J connectivity index is 2.26. The van der Waals surface area contributed by atoms with Crippen LogP contribution in [0.4, 0.5) is 5.82 Å². The van der Waals surface area contributed by atoms with Crippen molar-refractivity contribution in [3.8, 4) is 6.07 Å². The van der Waals surface area contributed by atoms with Gasteiger partial charge < -0.3 is 10.4 Å². The van der Waals surface area contributed by atoms with E-state index in [0.717, 1.165) is 0 Å². The van der Waals surface area contributed by atoms with E-state index in [9.17, 15) is 4.79 Å². The molecule has 0 fully saturated rings. The molecule has 8 heteroatoms. The quantitative estimate of drug-likeness (QED) is 0.783. The van der Waals surface area contributed by atoms with Gasteiger partial charge in [-0.25, -0.2) is 9.67 Å². The lowest BCUT2D eigenvalue weighted by Crippen LogP contribution is -2.18. The van der Waals surface area contributed by atoms with Crippen LogP contribution in [0.25, 0.3) is 0 Å². The monoisotopic (exact) mass is 258 g/mol. The summed E-state index contributed by atoms with van der Waals surface area (Å²) in [6, 6.07) is 1.92. The van der Waals surface area contributed by atoms with Crippen LogP contribution in [0.15, 0.2) is 24.8 Å². The molecule has 0 aromatic carbocycles. The van der Waals surface area contributed by atoms with Gasteiger partial charge in [-0.2, -0.15) is 10.4 Å². The maximum Gasteiger partial charge on any atom is 0.277 e. The minimum atomic E-state index is -0.496. The third-order valence-corrected chi connectivity index (χ3v) is 2.30. The van der Waals surface area contributed by atoms with Gasteiger partial charge in [-0.1, -0.05) is 0 Å². The second-order valence-corrected chi connectivity index (χ2v) is 3.51. The van der Waals surface area contributed by atoms with Gasteiger partial charge >= 0.3 is 0 Å². The Hall–Kier alpha value is -2.79. The predicted molar refractivity (Wildman–Crippen MR) is 64.0 cm³/mol. The van der Waals surface area contributed by atoms with Gasteiger partial charge in [0.25, 0.3) is 5.91 Å². The SMILES string of the molecule is N#Cc1cnn(CCO)c1NC(=O)c1cnccn1. The molecule has 8 nitrogen and oxygen atoms in total. The van der Waals surface area contributed by atoms with E-state index in [1.165, 1.54) is 29.5 Å². The van der Waals surface area contributed by atoms with Crippen LogP contribution in [0, 0.1) is 11.3 Å². The lowest BCUT2D eigenvalue weighted by Gasteiger charge is -2.07. The largest absolute Gasteiger partial charge is 0.394 e. The van der Waals surface area contributed by atoms with Crippen LogP contribution in [0.1, 0.15) is 16.1 Å². The first kappa shape index (κ1) is 12.7. The molecule has 0 radical (unpaired) electrons. The van der Waals surface area contributed by atoms with Crippen molar-refractivity contribution in [1.82, 2.24) is 19.7 Å². The highest BCUT2D eigenvalue weighted by atomic mass is 16.3. The first-order chi connectivity index (χ1) is 9.26. The van der Waals surface area contributed by atoms with E-state index in [-0.39, 0.29) is 30.2 Å². The number of nitriles is 1. The highest BCUT2D eigenvalue weighted by Gasteiger charge is 2.15. The number of hydrogen-bond donors (Lipinski definition) is 2. The highest BCUT2D eigenvalue weighted by Crippen LogP contribution is 2.14. The maximum absolute atomic E-state index is 11.9. The number of rotatable bonds is 4. The molecule has 2 rings (SSSR count). The number of aliphatic hydroxyl groups is 1. The van der Waals surface area contributed by atoms with Gasteiger partial charge in [0, 0.05) is 12.4 Å². The zero-order valence-corrected chi connectivity index (χ0v) is 9.82. The summed E-state index contributed by atoms with van der Waals surface area (Å²) in [5, 5.41) is 24.3. The van der Waals surface area contributed by atoms with Crippen molar-refractivity contribution in [1.29, 1.82) is 5.26 Å². The zero-order chi connectivity index (χ0) is 13.7. The van der Waals surface area contributed by atoms with E-state index < -0.39 is 5.91 Å². The Bertz CT molecular complexity index is 616. The first-order valence-electron chi connectivity index (χ1n) is 5.40. The van der Waals surface area contributed by atoms with Crippen molar-refractivity contribution < 1.29 is 9.90 Å². The summed E-state index contributed by atoms with van der Waals surface area (Å²) in [7, 11) is 0. The average Bonchev–Trinajstić information content (AvgIpc) is 2.82. The number of nitrogens with zero attached hydrogens (tertiary/aromatic N) is 5. The van der Waals surface area contributed by atoms with E-state index in [1.54, 1.807) is 0 Å². The predicted octanol–water partition coefficient (Wildman–Crippen LogP) is -0.211. The molecule has 0 unspecified atom stereocenters. The molecule has 0 bridgehead atoms. The summed E-state index contributed by atoms with van der Waals surface area (Å²) in [5.74, 6) is -0.267. The Morgan fingerprint density at radius 2 is 2.32 bits per heavy atom. The van der Waals surface area contributed by atoms with Crippen LogP contribution >= 0.6 is 0 Å². The minimum Gasteiger partial charge on any atom is -0.394 e. The molecule has 0 atom stereocenters. The van der Waals surface area contributed by atoms with Crippen LogP contribution < -0.4 is 5.32 Å². The molecule has 2 N–H and O–H groups in total. The number of carbonyl (C=O) groups is 1. The number of aliphatic hydroxyl groups excluding tert-OH is 1. The van der Waals surface area contributed by atoms with E-state index in [0.29, 0.717) is 0 Å². The summed E-state index contributed by atoms with van der Waals surface area (Å²) in [4.78, 5) is 19.5. The van der Waals surface area contributed by atoms with Gasteiger partial charge in [-0.3, -0.25) is 9.78 Å². The van der Waals surface area contributed by atoms with Crippen LogP contribution in [0.3, 0.4) is 0 Å². The Labute approximate surface area is 108 Å². The van der Waals surface area contributed by atoms with Crippen molar-refractivity contribution in [2.45, 2.75) is 6.54 Å². The molecule has 1 amide bonds. The fraction of sp³-hybridized carbons (Fsp3) is 0.182. The third kappa shape index (κ3) is 2.72. The van der Waals surface area contributed by atoms with Gasteiger partial charge in [0.2, 0.25) is 0 Å². The van der Waals surface area contributed by atoms with Crippen LogP contribution in [-0.4, -0.2) is 37.4 Å². The molecule has 19 heavy (non-hydrogen) atoms. The summed E-state index contributed by atoms with van der Waals surface area (Å²) in [5.41, 5.74) is 0.342. The fourth-order valence-corrected chi connectivity index (χ4v) is 1.45. The summed E-state index contributed by atoms with van der Waals surface area (Å²) in [6.45, 7) is 0.0261. The van der Waals surface area contributed by atoms with Crippen molar-refractivity contribution in [2.24, 2.45) is 0 Å². The Morgan fingerprint density at radius 3 is 2.95 bits per heavy atom. The smallest absolute Gasteiger partial charge is 0.277 e. The summed E-state index contributed by atoms with van der Waals surface area (Å²) >= 11 is 0. The molecular weight excluding hydrogens is 248 g/mol. The molecule has 0 saturated heterocycles. The average molecular weight is 258 g/mol. The van der Waals surface area contributed by atoms with Crippen molar-refractivity contribution in [3.63, 3.8) is 0 Å². The van der Waals surface area contributed by atoms with E-state index in [4.69, 9.17) is 10.4 Å². The molecular formula is C11H10N6O2. The van der Waals surface area contributed by atoms with Gasteiger partial charge in [0.1, 0.15) is 23.1 Å². The van der Waals surface area contributed by atoms with Gasteiger partial charge in [0.05, 0.1) is 25.5 Å². The van der Waals surface area contributed by atoms with Crippen LogP contribution in [0.5, 0.6) is 0 Å². The topological polar surface area (TPSA) is 117 Å². The molecule has 96 valence electrons. The Morgan fingerprint density at radius 1 is 1.47 bits per heavy atom. The van der Waals surface area contributed by atoms with E-state index in [1.807, 2.05) is 6.07 Å². The number of aromatic nitrogens is 4. The summed E-state index contributed by atoms with van der Waals surface area (Å²) < 4.78 is 1.34. The Kier molecular flexibility index (Phi) is 3.80. The molecule has 0 spiro atoms. The normalized spacial score (nSPS) is 9.89. The fourth-order valence-electron chi connectivity index (χ4n) is 1.45. The van der Waals surface area contributed by atoms with E-state index >= 15 is 0 Å². The molecule has 2 aromatic heterocycles. The van der Waals surface area contributed by atoms with Gasteiger partial charge in [-0.05, 0) is 0 Å². The van der Waals surface area contributed by atoms with Crippen molar-refractivity contribution in [2.75, 3.05) is 11.9 Å². The van der Waals surface area contributed by atoms with Crippen molar-refractivity contribution >= 4 is 11.7 Å². The van der Waals surface area contributed by atoms with Crippen LogP contribution in [-0.2, 0) is 6.54 Å². The van der Waals surface area contributed by atoms with Crippen molar-refractivity contribution in [3.05, 3.63) is 36.0 Å². The van der Waals surface area contributed by atoms with Crippen LogP contribution in [0.2, 0.25) is 0 Å². The molecule has 0 saturated carbocycles. The number of anilines is 1. The molecule has 0 aliphatic carbocycles. The third-order valence-electron chi connectivity index (χ3n) is 2.30. The van der Waals surface area contributed by atoms with Gasteiger partial charge in [0.15, 0.2) is 0 Å². The number of hydrogen-bond acceptors (Lipinski definition) is 6. The number of nitrogens with one attached hydrogen (secondary N) is 1. The summed E-state index contributed by atoms with van der Waals surface area (Å²) in [6.07, 6.45) is 5.48. The zero-order valence-electron chi connectivity index (χ0n) is 9.82. The first-order valence-corrected chi connectivity index (χ1v) is 5.40. The second-order valence-electron chi connectivity index (χ2n) is 3.51. The van der Waals surface area contributed by atoms with E-state index in [2.05, 4.69) is 20.4 Å². The lowest BCUT2D eigenvalue weighted by atomic mass is 10.3. The highest BCUT2D eigenvalue weighted by molar-refractivity contribution is 6.02. The molecule has 0 aliphatic rings. The molecule has 2 aromatic rings. The lowest BCUT2D eigenvalue weighted by molar-refractivity contribution is 0.102.